The van der Waals surface area contributed by atoms with Crippen molar-refractivity contribution in [2.45, 2.75) is 0 Å². The summed E-state index contributed by atoms with van der Waals surface area (Å²) in [4.78, 5) is 3.69. The predicted molar refractivity (Wildman–Crippen MR) is 72.1 cm³/mol. The van der Waals surface area contributed by atoms with E-state index >= 15 is 0 Å². The van der Waals surface area contributed by atoms with Crippen molar-refractivity contribution >= 4 is 26.7 Å². The number of fused-ring (bicyclic) bond motifs is 3. The summed E-state index contributed by atoms with van der Waals surface area (Å²) >= 11 is -11.5. The molecule has 3 aliphatic heterocycles. The molecule has 0 atom stereocenters. The average molecular weight is 576 g/mol. The first-order valence-electron chi connectivity index (χ1n) is 4.95. The number of rotatable bonds is 0. The van der Waals surface area contributed by atoms with E-state index in [1.165, 1.54) is 39.3 Å². The van der Waals surface area contributed by atoms with E-state index in [1.54, 1.807) is 0 Å². The predicted octanol–water partition coefficient (Wildman–Crippen LogP) is -14.5. The summed E-state index contributed by atoms with van der Waals surface area (Å²) in [5.74, 6) is 0. The van der Waals surface area contributed by atoms with Crippen LogP contribution in [0.25, 0.3) is 0 Å². The van der Waals surface area contributed by atoms with E-state index in [1.807, 2.05) is 9.80 Å². The number of hydrogen-bond acceptors (Lipinski definition) is 8. The fourth-order valence-corrected chi connectivity index (χ4v) is 1.81. The van der Waals surface area contributed by atoms with Crippen molar-refractivity contribution < 1.29 is 91.8 Å². The first kappa shape index (κ1) is 49.9. The van der Waals surface area contributed by atoms with Crippen LogP contribution in [0.15, 0.2) is 0 Å². The van der Waals surface area contributed by atoms with E-state index in [2.05, 4.69) is 0 Å². The van der Waals surface area contributed by atoms with Crippen LogP contribution in [0.5, 0.6) is 0 Å². The normalized spacial score (nSPS) is 19.0. The third-order valence-electron chi connectivity index (χ3n) is 2.50. The summed E-state index contributed by atoms with van der Waals surface area (Å²) in [6, 6.07) is 0. The number of quaternary nitrogens is 2. The van der Waals surface area contributed by atoms with Crippen LogP contribution in [0.1, 0.15) is 0 Å². The summed E-state index contributed by atoms with van der Waals surface area (Å²) in [6.07, 6.45) is 0. The Morgan fingerprint density at radius 2 is 0.600 bits per heavy atom. The van der Waals surface area contributed by atoms with Crippen LogP contribution in [-0.4, -0.2) is 77.0 Å². The van der Waals surface area contributed by atoms with Crippen LogP contribution < -0.4 is 26.6 Å². The molecule has 0 aromatic carbocycles. The topological polar surface area (TPSA) is 364 Å². The van der Waals surface area contributed by atoms with Gasteiger partial charge in [-0.05, 0) is 0 Å². The second-order valence-electron chi connectivity index (χ2n) is 3.82. The summed E-state index contributed by atoms with van der Waals surface area (Å²) < 4.78 is 68.8. The molecule has 0 amide bonds. The largest absolute Gasteiger partial charge is 2.00 e. The molecule has 0 aromatic heterocycles. The average Bonchev–Trinajstić information content (AvgIpc) is 2.15. The molecule has 3 rings (SSSR count). The Balaban J connectivity index is -0.0000000263. The first-order chi connectivity index (χ1) is 7.95. The fraction of sp³-hybridized carbons (Fsp3) is 1.00. The zero-order chi connectivity index (χ0) is 14.4. The van der Waals surface area contributed by atoms with E-state index in [0.717, 1.165) is 0 Å². The van der Waals surface area contributed by atoms with Gasteiger partial charge in [0.15, 0.2) is 0 Å². The minimum atomic E-state index is -5.75. The molecule has 3 saturated heterocycles. The van der Waals surface area contributed by atoms with Gasteiger partial charge in [0.05, 0.1) is 0 Å². The van der Waals surface area contributed by atoms with Crippen LogP contribution in [0, 0.1) is 0 Å². The van der Waals surface area contributed by atoms with Gasteiger partial charge in [-0.1, -0.05) is 0 Å². The molecule has 16 nitrogen and oxygen atoms in total. The van der Waals surface area contributed by atoms with Gasteiger partial charge in [0.1, 0.15) is 39.3 Å². The molecule has 1 radical (unpaired) electrons. The number of hydrogen-bond donors (Lipinski definition) is 2. The summed E-state index contributed by atoms with van der Waals surface area (Å²) in [7, 11) is 0. The standard InChI is InChI=1S/C6H12N2.Cu.2H2O4Se.6H2O/c1-2-8-5-3-7(1)4-6-8;;2*1-5(2,3)4;;;;;;/h1-6H2;;2*(H2,1,2,3,4);6*1H2/q;+2;;;;;;;;/p+2. The Bertz CT molecular complexity index is 367. The van der Waals surface area contributed by atoms with Crippen LogP contribution >= 0.6 is 0 Å². The van der Waals surface area contributed by atoms with Gasteiger partial charge >= 0.3 is 75.9 Å². The molecule has 0 saturated carbocycles. The van der Waals surface area contributed by atoms with E-state index in [9.17, 15) is 0 Å². The minimum absolute atomic E-state index is 0. The maximum absolute atomic E-state index is 8.59. The van der Waals surface area contributed by atoms with E-state index in [0.29, 0.717) is 0 Å². The monoisotopic (exact) mass is 577 g/mol. The quantitative estimate of drug-likeness (QED) is 0.205. The smallest absolute Gasteiger partial charge is 0.457 e. The van der Waals surface area contributed by atoms with Crippen molar-refractivity contribution in [2.24, 2.45) is 0 Å². The van der Waals surface area contributed by atoms with Crippen molar-refractivity contribution in [3.05, 3.63) is 0 Å². The van der Waals surface area contributed by atoms with Crippen LogP contribution in [0.3, 0.4) is 0 Å². The Hall–Kier alpha value is 0.278. The molecule has 3 aliphatic rings. The maximum Gasteiger partial charge on any atom is 2.00 e. The molecule has 0 aliphatic carbocycles. The van der Waals surface area contributed by atoms with Gasteiger partial charge in [0.2, 0.25) is 0 Å². The van der Waals surface area contributed by atoms with Crippen LogP contribution in [-0.2, 0) is 54.3 Å². The fourth-order valence-electron chi connectivity index (χ4n) is 1.81. The van der Waals surface area contributed by atoms with Crippen molar-refractivity contribution in [1.29, 1.82) is 0 Å². The zero-order valence-electron chi connectivity index (χ0n) is 12.9. The zero-order valence-corrected chi connectivity index (χ0v) is 17.3. The van der Waals surface area contributed by atoms with Gasteiger partial charge < -0.3 is 42.7 Å². The van der Waals surface area contributed by atoms with Gasteiger partial charge in [-0.2, -0.15) is 0 Å². The maximum atomic E-state index is 8.59. The van der Waals surface area contributed by atoms with Crippen LogP contribution in [0.4, 0.5) is 0 Å². The Morgan fingerprint density at radius 3 is 0.640 bits per heavy atom. The van der Waals surface area contributed by atoms with Gasteiger partial charge in [-0.3, -0.25) is 0 Å². The van der Waals surface area contributed by atoms with E-state index in [-0.39, 0.29) is 49.9 Å². The molecule has 0 spiro atoms. The van der Waals surface area contributed by atoms with Gasteiger partial charge in [0.25, 0.3) is 0 Å². The summed E-state index contributed by atoms with van der Waals surface area (Å²) in [5, 5.41) is 0. The molecular formula is C6H30CuN2O14Se2+4. The molecule has 18 N–H and O–H groups in total. The van der Waals surface area contributed by atoms with Gasteiger partial charge in [-0.25, -0.2) is 0 Å². The van der Waals surface area contributed by atoms with E-state index in [4.69, 9.17) is 32.1 Å². The third kappa shape index (κ3) is 51.6. The van der Waals surface area contributed by atoms with E-state index < -0.39 is 26.7 Å². The molecule has 25 heavy (non-hydrogen) atoms. The molecule has 19 heteroatoms. The first-order valence-corrected chi connectivity index (χ1v) is 10.5. The van der Waals surface area contributed by atoms with Crippen molar-refractivity contribution in [3.8, 4) is 0 Å². The second-order valence-corrected chi connectivity index (χ2v) is 7.24. The third-order valence-corrected chi connectivity index (χ3v) is 2.50. The second kappa shape index (κ2) is 22.3. The van der Waals surface area contributed by atoms with Gasteiger partial charge in [-0.15, -0.1) is 0 Å². The number of nitrogens with one attached hydrogen (secondary N) is 2. The SMILES string of the molecule is C1C[NH+]2CC[NH+]1CC2.O.O.O=[Se](=O)([O-])[O-].O=[Se](=O)([O-])[O-].[Cu+2].[OH3+].[OH3+].[OH3+].[OH3+]. The molecule has 3 heterocycles. The summed E-state index contributed by atoms with van der Waals surface area (Å²) in [6.45, 7) is 8.64. The van der Waals surface area contributed by atoms with Crippen molar-refractivity contribution in [1.82, 2.24) is 0 Å². The Morgan fingerprint density at radius 1 is 0.520 bits per heavy atom. The molecule has 2 bridgehead atoms. The van der Waals surface area contributed by atoms with Crippen molar-refractivity contribution in [3.63, 3.8) is 0 Å². The molecule has 3 fully saturated rings. The molecule has 0 unspecified atom stereocenters. The minimum Gasteiger partial charge on any atom is -0.457 e. The molecule has 0 aromatic rings. The number of piperazine rings is 3. The molecule has 167 valence electrons. The Kier molecular flexibility index (Phi) is 44.6. The summed E-state index contributed by atoms with van der Waals surface area (Å²) in [5.41, 5.74) is 0. The molecular weight excluding hydrogens is 546 g/mol. The van der Waals surface area contributed by atoms with Crippen molar-refractivity contribution in [2.75, 3.05) is 39.3 Å². The van der Waals surface area contributed by atoms with Crippen LogP contribution in [0.2, 0.25) is 0 Å². The Labute approximate surface area is 157 Å². The van der Waals surface area contributed by atoms with Gasteiger partial charge in [0, 0.05) is 0 Å².